The van der Waals surface area contributed by atoms with Crippen LogP contribution in [-0.2, 0) is 9.53 Å². The Hall–Kier alpha value is -3.15. The number of halogens is 1. The van der Waals surface area contributed by atoms with Gasteiger partial charge in [-0.1, -0.05) is 36.6 Å². The second-order valence-corrected chi connectivity index (χ2v) is 9.32. The third kappa shape index (κ3) is 4.80. The third-order valence-electron chi connectivity index (χ3n) is 5.94. The summed E-state index contributed by atoms with van der Waals surface area (Å²) in [4.78, 5) is 29.4. The Balaban J connectivity index is 1.44. The molecule has 2 aromatic heterocycles. The maximum atomic E-state index is 12.6. The van der Waals surface area contributed by atoms with E-state index in [0.29, 0.717) is 21.4 Å². The molecular weight excluding hydrogens is 460 g/mol. The van der Waals surface area contributed by atoms with Gasteiger partial charge in [0.25, 0.3) is 5.91 Å². The van der Waals surface area contributed by atoms with Crippen LogP contribution in [0.25, 0.3) is 10.6 Å². The van der Waals surface area contributed by atoms with Crippen molar-refractivity contribution >= 4 is 40.6 Å². The van der Waals surface area contributed by atoms with Gasteiger partial charge in [0.15, 0.2) is 12.3 Å². The molecular formula is C24H23ClN4O3S. The zero-order chi connectivity index (χ0) is 23.5. The fourth-order valence-electron chi connectivity index (χ4n) is 4.20. The van der Waals surface area contributed by atoms with Crippen LogP contribution in [0, 0.1) is 25.2 Å². The number of carbonyl (C=O) groups excluding carboxylic acids is 2. The van der Waals surface area contributed by atoms with E-state index in [2.05, 4.69) is 20.9 Å². The predicted molar refractivity (Wildman–Crippen MR) is 128 cm³/mol. The van der Waals surface area contributed by atoms with Gasteiger partial charge in [-0.3, -0.25) is 4.79 Å². The van der Waals surface area contributed by atoms with Crippen LogP contribution in [0.3, 0.4) is 0 Å². The molecule has 1 N–H and O–H groups in total. The Morgan fingerprint density at radius 1 is 1.33 bits per heavy atom. The van der Waals surface area contributed by atoms with Gasteiger partial charge in [0.1, 0.15) is 16.9 Å². The average molecular weight is 483 g/mol. The molecule has 0 spiro atoms. The highest BCUT2D eigenvalue weighted by atomic mass is 35.5. The van der Waals surface area contributed by atoms with E-state index < -0.39 is 18.5 Å². The van der Waals surface area contributed by atoms with Crippen molar-refractivity contribution in [3.8, 4) is 16.6 Å². The molecule has 1 aliphatic rings. The topological polar surface area (TPSA) is 97.0 Å². The molecule has 0 saturated heterocycles. The number of nitrogens with one attached hydrogen (secondary N) is 1. The lowest BCUT2D eigenvalue weighted by molar-refractivity contribution is -0.119. The van der Waals surface area contributed by atoms with E-state index in [1.165, 1.54) is 11.3 Å². The number of esters is 1. The number of nitrogens with zero attached hydrogens (tertiary/aromatic N) is 3. The molecule has 0 unspecified atom stereocenters. The van der Waals surface area contributed by atoms with E-state index in [-0.39, 0.29) is 11.7 Å². The van der Waals surface area contributed by atoms with Crippen molar-refractivity contribution in [1.29, 1.82) is 5.26 Å². The van der Waals surface area contributed by atoms with Gasteiger partial charge in [-0.25, -0.2) is 9.78 Å². The zero-order valence-electron chi connectivity index (χ0n) is 18.4. The standard InChI is InChI=1S/C24H23ClN4O3S/c1-14-15(2)29(18-8-3-4-9-18)22(19(14)11-26)28-21(30)12-32-24(31)20-13-33-23(27-20)16-6-5-7-17(25)10-16/h5-7,10,13,18H,3-4,8-9,12H2,1-2H3,(H,28,30). The first-order valence-corrected chi connectivity index (χ1v) is 11.9. The first-order valence-electron chi connectivity index (χ1n) is 10.7. The summed E-state index contributed by atoms with van der Waals surface area (Å²) in [6, 6.07) is 9.64. The fourth-order valence-corrected chi connectivity index (χ4v) is 5.18. The van der Waals surface area contributed by atoms with Crippen molar-refractivity contribution < 1.29 is 14.3 Å². The number of amides is 1. The molecule has 2 heterocycles. The number of nitriles is 1. The van der Waals surface area contributed by atoms with E-state index in [4.69, 9.17) is 16.3 Å². The lowest BCUT2D eigenvalue weighted by Gasteiger charge is -2.19. The molecule has 0 radical (unpaired) electrons. The highest BCUT2D eigenvalue weighted by Gasteiger charge is 2.27. The van der Waals surface area contributed by atoms with Crippen LogP contribution in [0.2, 0.25) is 5.02 Å². The molecule has 1 aromatic carbocycles. The minimum absolute atomic E-state index is 0.126. The number of hydrogen-bond acceptors (Lipinski definition) is 6. The van der Waals surface area contributed by atoms with E-state index in [1.54, 1.807) is 17.5 Å². The van der Waals surface area contributed by atoms with Crippen LogP contribution < -0.4 is 5.32 Å². The van der Waals surface area contributed by atoms with Gasteiger partial charge in [-0.05, 0) is 44.4 Å². The maximum Gasteiger partial charge on any atom is 0.358 e. The van der Waals surface area contributed by atoms with Crippen molar-refractivity contribution in [2.75, 3.05) is 11.9 Å². The van der Waals surface area contributed by atoms with E-state index in [9.17, 15) is 14.9 Å². The summed E-state index contributed by atoms with van der Waals surface area (Å²) < 4.78 is 7.24. The lowest BCUT2D eigenvalue weighted by Crippen LogP contribution is -2.24. The minimum atomic E-state index is -0.686. The van der Waals surface area contributed by atoms with Crippen molar-refractivity contribution in [3.63, 3.8) is 0 Å². The summed E-state index contributed by atoms with van der Waals surface area (Å²) in [5.74, 6) is -0.701. The number of ether oxygens (including phenoxy) is 1. The van der Waals surface area contributed by atoms with Crippen molar-refractivity contribution in [2.45, 2.75) is 45.6 Å². The molecule has 1 fully saturated rings. The second kappa shape index (κ2) is 9.77. The first-order chi connectivity index (χ1) is 15.9. The molecule has 4 rings (SSSR count). The summed E-state index contributed by atoms with van der Waals surface area (Å²) in [5, 5.41) is 15.3. The van der Waals surface area contributed by atoms with Crippen LogP contribution in [0.1, 0.15) is 59.0 Å². The number of aromatic nitrogens is 2. The Kier molecular flexibility index (Phi) is 6.82. The fraction of sp³-hybridized carbons (Fsp3) is 0.333. The van der Waals surface area contributed by atoms with E-state index >= 15 is 0 Å². The molecule has 1 saturated carbocycles. The monoisotopic (exact) mass is 482 g/mol. The number of carbonyl (C=O) groups is 2. The second-order valence-electron chi connectivity index (χ2n) is 8.03. The number of rotatable bonds is 6. The Labute approximate surface area is 201 Å². The van der Waals surface area contributed by atoms with Gasteiger partial charge in [0.05, 0.1) is 5.56 Å². The molecule has 3 aromatic rings. The van der Waals surface area contributed by atoms with Gasteiger partial charge in [-0.15, -0.1) is 11.3 Å². The zero-order valence-corrected chi connectivity index (χ0v) is 19.9. The van der Waals surface area contributed by atoms with Crippen molar-refractivity contribution in [3.05, 3.63) is 57.2 Å². The quantitative estimate of drug-likeness (QED) is 0.457. The molecule has 170 valence electrons. The highest BCUT2D eigenvalue weighted by molar-refractivity contribution is 7.13. The van der Waals surface area contributed by atoms with Gasteiger partial charge < -0.3 is 14.6 Å². The average Bonchev–Trinajstić information content (AvgIpc) is 3.54. The third-order valence-corrected chi connectivity index (χ3v) is 7.06. The number of thiazole rings is 1. The summed E-state index contributed by atoms with van der Waals surface area (Å²) in [6.07, 6.45) is 4.27. The van der Waals surface area contributed by atoms with Crippen LogP contribution in [-0.4, -0.2) is 28.0 Å². The Bertz CT molecular complexity index is 1250. The molecule has 0 atom stereocenters. The van der Waals surface area contributed by atoms with Gasteiger partial charge in [0, 0.05) is 27.7 Å². The molecule has 7 nitrogen and oxygen atoms in total. The summed E-state index contributed by atoms with van der Waals surface area (Å²) >= 11 is 7.31. The van der Waals surface area contributed by atoms with Gasteiger partial charge >= 0.3 is 5.97 Å². The number of anilines is 1. The largest absolute Gasteiger partial charge is 0.451 e. The van der Waals surface area contributed by atoms with Gasteiger partial charge in [0.2, 0.25) is 0 Å². The normalized spacial score (nSPS) is 13.6. The Morgan fingerprint density at radius 3 is 2.79 bits per heavy atom. The minimum Gasteiger partial charge on any atom is -0.451 e. The molecule has 1 aliphatic carbocycles. The molecule has 33 heavy (non-hydrogen) atoms. The smallest absolute Gasteiger partial charge is 0.358 e. The van der Waals surface area contributed by atoms with Crippen molar-refractivity contribution in [2.24, 2.45) is 0 Å². The Morgan fingerprint density at radius 2 is 2.09 bits per heavy atom. The maximum absolute atomic E-state index is 12.6. The van der Waals surface area contributed by atoms with Crippen LogP contribution in [0.4, 0.5) is 5.82 Å². The predicted octanol–water partition coefficient (Wildman–Crippen LogP) is 5.66. The molecule has 0 aliphatic heterocycles. The molecule has 1 amide bonds. The summed E-state index contributed by atoms with van der Waals surface area (Å²) in [6.45, 7) is 3.38. The van der Waals surface area contributed by atoms with Crippen LogP contribution in [0.5, 0.6) is 0 Å². The van der Waals surface area contributed by atoms with Crippen LogP contribution >= 0.6 is 22.9 Å². The summed E-state index contributed by atoms with van der Waals surface area (Å²) in [5.41, 5.74) is 3.20. The summed E-state index contributed by atoms with van der Waals surface area (Å²) in [7, 11) is 0. The van der Waals surface area contributed by atoms with Gasteiger partial charge in [-0.2, -0.15) is 5.26 Å². The lowest BCUT2D eigenvalue weighted by atomic mass is 10.2. The highest BCUT2D eigenvalue weighted by Crippen LogP contribution is 2.37. The molecule has 0 bridgehead atoms. The van der Waals surface area contributed by atoms with Crippen LogP contribution in [0.15, 0.2) is 29.6 Å². The number of benzene rings is 1. The van der Waals surface area contributed by atoms with E-state index in [0.717, 1.165) is 42.5 Å². The van der Waals surface area contributed by atoms with Crippen molar-refractivity contribution in [1.82, 2.24) is 9.55 Å². The molecule has 9 heteroatoms. The first kappa shape index (κ1) is 23.0. The number of hydrogen-bond donors (Lipinski definition) is 1. The van der Waals surface area contributed by atoms with E-state index in [1.807, 2.05) is 26.0 Å². The SMILES string of the molecule is Cc1c(C#N)c(NC(=O)COC(=O)c2csc(-c3cccc(Cl)c3)n2)n(C2CCCC2)c1C.